The third kappa shape index (κ3) is 2.00. The maximum Gasteiger partial charge on any atom is 0.153 e. The van der Waals surface area contributed by atoms with E-state index >= 15 is 0 Å². The molecule has 1 aromatic heterocycles. The molecule has 0 aromatic carbocycles. The first-order valence-corrected chi connectivity index (χ1v) is 6.53. The fraction of sp³-hybridized carbons (Fsp3) is 0.667. The van der Waals surface area contributed by atoms with E-state index in [0.29, 0.717) is 10.8 Å². The topological polar surface area (TPSA) is 49.3 Å². The lowest BCUT2D eigenvalue weighted by Gasteiger charge is -2.21. The molecule has 1 saturated heterocycles. The molecule has 0 spiro atoms. The molecule has 1 N–H and O–H groups in total. The lowest BCUT2D eigenvalue weighted by Crippen LogP contribution is -2.23. The fourth-order valence-electron chi connectivity index (χ4n) is 3.20. The normalized spacial score (nSPS) is 27.5. The van der Waals surface area contributed by atoms with Crippen molar-refractivity contribution in [2.24, 2.45) is 11.8 Å². The molecule has 1 saturated carbocycles. The van der Waals surface area contributed by atoms with Crippen LogP contribution in [-0.2, 0) is 6.61 Å². The number of aliphatic hydroxyl groups excluding tert-OH is 1. The van der Waals surface area contributed by atoms with Gasteiger partial charge >= 0.3 is 0 Å². The van der Waals surface area contributed by atoms with Crippen molar-refractivity contribution < 1.29 is 5.11 Å². The van der Waals surface area contributed by atoms with E-state index in [1.54, 1.807) is 0 Å². The summed E-state index contributed by atoms with van der Waals surface area (Å²) in [6.07, 6.45) is 4.04. The smallest absolute Gasteiger partial charge is 0.153 e. The molecule has 1 aromatic rings. The highest BCUT2D eigenvalue weighted by molar-refractivity contribution is 6.29. The van der Waals surface area contributed by atoms with Gasteiger partial charge in [0.1, 0.15) is 5.69 Å². The number of hydrogen-bond acceptors (Lipinski definition) is 4. The van der Waals surface area contributed by atoms with Crippen molar-refractivity contribution in [2.75, 3.05) is 18.0 Å². The quantitative estimate of drug-likeness (QED) is 0.874. The second-order valence-electron chi connectivity index (χ2n) is 5.01. The minimum absolute atomic E-state index is 0.0780. The van der Waals surface area contributed by atoms with Crippen LogP contribution in [0, 0.1) is 11.8 Å². The predicted molar refractivity (Wildman–Crippen MR) is 66.0 cm³/mol. The SMILES string of the molecule is OCc1nnc(Cl)cc1N1CC2CCCC2C1. The monoisotopic (exact) mass is 253 g/mol. The molecular weight excluding hydrogens is 238 g/mol. The number of fused-ring (bicyclic) bond motifs is 1. The Morgan fingerprint density at radius 1 is 1.29 bits per heavy atom. The molecule has 0 bridgehead atoms. The Labute approximate surface area is 106 Å². The molecule has 3 rings (SSSR count). The summed E-state index contributed by atoms with van der Waals surface area (Å²) >= 11 is 5.89. The Hall–Kier alpha value is -0.870. The highest BCUT2D eigenvalue weighted by Gasteiger charge is 2.36. The second kappa shape index (κ2) is 4.42. The lowest BCUT2D eigenvalue weighted by molar-refractivity contribution is 0.275. The maximum atomic E-state index is 9.30. The number of halogens is 1. The number of aromatic nitrogens is 2. The van der Waals surface area contributed by atoms with Gasteiger partial charge in [0.15, 0.2) is 5.15 Å². The van der Waals surface area contributed by atoms with E-state index in [9.17, 15) is 5.11 Å². The molecule has 1 aliphatic carbocycles. The zero-order chi connectivity index (χ0) is 11.8. The molecule has 2 heterocycles. The standard InChI is InChI=1S/C12H16ClN3O/c13-12-4-11(10(7-17)14-15-12)16-5-8-2-1-3-9(8)6-16/h4,8-9,17H,1-3,5-7H2. The van der Waals surface area contributed by atoms with Gasteiger partial charge in [0.2, 0.25) is 0 Å². The van der Waals surface area contributed by atoms with Crippen LogP contribution in [0.3, 0.4) is 0 Å². The van der Waals surface area contributed by atoms with Crippen LogP contribution in [0.5, 0.6) is 0 Å². The van der Waals surface area contributed by atoms with Crippen LogP contribution in [-0.4, -0.2) is 28.4 Å². The van der Waals surface area contributed by atoms with Crippen molar-refractivity contribution in [1.82, 2.24) is 10.2 Å². The molecule has 0 radical (unpaired) electrons. The van der Waals surface area contributed by atoms with Gasteiger partial charge in [-0.1, -0.05) is 18.0 Å². The number of aliphatic hydroxyl groups is 1. The summed E-state index contributed by atoms with van der Waals surface area (Å²) in [5, 5.41) is 17.4. The van der Waals surface area contributed by atoms with Gasteiger partial charge in [-0.05, 0) is 24.7 Å². The van der Waals surface area contributed by atoms with Crippen molar-refractivity contribution in [3.8, 4) is 0 Å². The van der Waals surface area contributed by atoms with Gasteiger partial charge in [0.25, 0.3) is 0 Å². The van der Waals surface area contributed by atoms with E-state index in [-0.39, 0.29) is 6.61 Å². The molecule has 2 atom stereocenters. The van der Waals surface area contributed by atoms with Crippen LogP contribution in [0.15, 0.2) is 6.07 Å². The second-order valence-corrected chi connectivity index (χ2v) is 5.40. The number of anilines is 1. The molecule has 92 valence electrons. The summed E-state index contributed by atoms with van der Waals surface area (Å²) < 4.78 is 0. The minimum atomic E-state index is -0.0780. The number of hydrogen-bond donors (Lipinski definition) is 1. The van der Waals surface area contributed by atoms with Gasteiger partial charge in [-0.15, -0.1) is 10.2 Å². The van der Waals surface area contributed by atoms with Crippen molar-refractivity contribution in [3.05, 3.63) is 16.9 Å². The average Bonchev–Trinajstić information content (AvgIpc) is 2.88. The molecule has 2 unspecified atom stereocenters. The minimum Gasteiger partial charge on any atom is -0.390 e. The summed E-state index contributed by atoms with van der Waals surface area (Å²) in [5.74, 6) is 1.63. The van der Waals surface area contributed by atoms with Gasteiger partial charge < -0.3 is 10.0 Å². The van der Waals surface area contributed by atoms with Crippen LogP contribution in [0.2, 0.25) is 5.15 Å². The van der Waals surface area contributed by atoms with Gasteiger partial charge in [-0.3, -0.25) is 0 Å². The summed E-state index contributed by atoms with van der Waals surface area (Å²) in [6, 6.07) is 1.82. The summed E-state index contributed by atoms with van der Waals surface area (Å²) in [6.45, 7) is 2.06. The van der Waals surface area contributed by atoms with Gasteiger partial charge in [-0.25, -0.2) is 0 Å². The van der Waals surface area contributed by atoms with E-state index in [1.807, 2.05) is 6.07 Å². The zero-order valence-corrected chi connectivity index (χ0v) is 10.4. The molecule has 17 heavy (non-hydrogen) atoms. The van der Waals surface area contributed by atoms with Crippen LogP contribution in [0.4, 0.5) is 5.69 Å². The highest BCUT2D eigenvalue weighted by atomic mass is 35.5. The third-order valence-corrected chi connectivity index (χ3v) is 4.22. The summed E-state index contributed by atoms with van der Waals surface area (Å²) in [5.41, 5.74) is 1.59. The van der Waals surface area contributed by atoms with Crippen molar-refractivity contribution >= 4 is 17.3 Å². The molecule has 1 aliphatic heterocycles. The molecule has 2 aliphatic rings. The first-order valence-electron chi connectivity index (χ1n) is 6.16. The van der Waals surface area contributed by atoms with Crippen LogP contribution < -0.4 is 4.90 Å². The van der Waals surface area contributed by atoms with Crippen molar-refractivity contribution in [2.45, 2.75) is 25.9 Å². The first kappa shape index (κ1) is 11.2. The van der Waals surface area contributed by atoms with Gasteiger partial charge in [-0.2, -0.15) is 0 Å². The predicted octanol–water partition coefficient (Wildman–Crippen LogP) is 1.86. The first-order chi connectivity index (χ1) is 8.28. The maximum absolute atomic E-state index is 9.30. The molecule has 0 amide bonds. The van der Waals surface area contributed by atoms with Gasteiger partial charge in [0, 0.05) is 19.2 Å². The Balaban J connectivity index is 1.87. The molecule has 4 nitrogen and oxygen atoms in total. The molecule has 5 heteroatoms. The van der Waals surface area contributed by atoms with Crippen LogP contribution >= 0.6 is 11.6 Å². The van der Waals surface area contributed by atoms with E-state index in [0.717, 1.165) is 30.6 Å². The van der Waals surface area contributed by atoms with Crippen LogP contribution in [0.1, 0.15) is 25.0 Å². The van der Waals surface area contributed by atoms with Crippen molar-refractivity contribution in [3.63, 3.8) is 0 Å². The van der Waals surface area contributed by atoms with E-state index in [1.165, 1.54) is 19.3 Å². The Morgan fingerprint density at radius 2 is 2.00 bits per heavy atom. The zero-order valence-electron chi connectivity index (χ0n) is 9.64. The van der Waals surface area contributed by atoms with Crippen LogP contribution in [0.25, 0.3) is 0 Å². The van der Waals surface area contributed by atoms with E-state index < -0.39 is 0 Å². The largest absolute Gasteiger partial charge is 0.390 e. The molecular formula is C12H16ClN3O. The number of rotatable bonds is 2. The summed E-state index contributed by atoms with van der Waals surface area (Å²) in [7, 11) is 0. The molecule has 2 fully saturated rings. The lowest BCUT2D eigenvalue weighted by atomic mass is 10.0. The highest BCUT2D eigenvalue weighted by Crippen LogP contribution is 2.40. The Bertz CT molecular complexity index is 414. The number of nitrogens with zero attached hydrogens (tertiary/aromatic N) is 3. The Morgan fingerprint density at radius 3 is 2.65 bits per heavy atom. The van der Waals surface area contributed by atoms with Gasteiger partial charge in [0.05, 0.1) is 12.3 Å². The fourth-order valence-corrected chi connectivity index (χ4v) is 3.34. The third-order valence-electron chi connectivity index (χ3n) is 4.03. The Kier molecular flexibility index (Phi) is 2.92. The van der Waals surface area contributed by atoms with E-state index in [2.05, 4.69) is 15.1 Å². The summed E-state index contributed by atoms with van der Waals surface area (Å²) in [4.78, 5) is 2.31. The van der Waals surface area contributed by atoms with Crippen molar-refractivity contribution in [1.29, 1.82) is 0 Å². The van der Waals surface area contributed by atoms with E-state index in [4.69, 9.17) is 11.6 Å². The average molecular weight is 254 g/mol.